The number of rotatable bonds is 5. The van der Waals surface area contributed by atoms with Crippen molar-refractivity contribution in [1.82, 2.24) is 0 Å². The SMILES string of the molecule is CCOc1cc(CO)c(Cl)cc1OC(C)C. The van der Waals surface area contributed by atoms with Crippen molar-refractivity contribution < 1.29 is 14.6 Å². The van der Waals surface area contributed by atoms with Crippen LogP contribution in [0.5, 0.6) is 11.5 Å². The predicted octanol–water partition coefficient (Wildman–Crippen LogP) is 3.02. The third-order valence-corrected chi connectivity index (χ3v) is 2.30. The lowest BCUT2D eigenvalue weighted by molar-refractivity contribution is 0.223. The van der Waals surface area contributed by atoms with Gasteiger partial charge in [0.15, 0.2) is 11.5 Å². The van der Waals surface area contributed by atoms with Gasteiger partial charge in [-0.1, -0.05) is 11.6 Å². The van der Waals surface area contributed by atoms with E-state index in [1.54, 1.807) is 12.1 Å². The Balaban J connectivity index is 3.08. The zero-order valence-electron chi connectivity index (χ0n) is 9.79. The maximum Gasteiger partial charge on any atom is 0.163 e. The van der Waals surface area contributed by atoms with E-state index in [0.29, 0.717) is 28.7 Å². The highest BCUT2D eigenvalue weighted by molar-refractivity contribution is 6.31. The summed E-state index contributed by atoms with van der Waals surface area (Å²) in [5, 5.41) is 9.59. The Hall–Kier alpha value is -0.930. The van der Waals surface area contributed by atoms with E-state index >= 15 is 0 Å². The Bertz CT molecular complexity index is 350. The summed E-state index contributed by atoms with van der Waals surface area (Å²) >= 11 is 5.99. The van der Waals surface area contributed by atoms with Crippen LogP contribution in [-0.2, 0) is 6.61 Å². The molecule has 0 saturated carbocycles. The van der Waals surface area contributed by atoms with Gasteiger partial charge >= 0.3 is 0 Å². The van der Waals surface area contributed by atoms with E-state index in [4.69, 9.17) is 26.2 Å². The summed E-state index contributed by atoms with van der Waals surface area (Å²) < 4.78 is 11.0. The number of hydrogen-bond acceptors (Lipinski definition) is 3. The fourth-order valence-corrected chi connectivity index (χ4v) is 1.53. The standard InChI is InChI=1S/C12H17ClO3/c1-4-15-11-5-9(7-14)10(13)6-12(11)16-8(2)3/h5-6,8,14H,4,7H2,1-3H3. The predicted molar refractivity (Wildman–Crippen MR) is 64.3 cm³/mol. The number of hydrogen-bond donors (Lipinski definition) is 1. The lowest BCUT2D eigenvalue weighted by Gasteiger charge is -2.16. The number of aliphatic hydroxyl groups is 1. The highest BCUT2D eigenvalue weighted by Gasteiger charge is 2.11. The second-order valence-corrected chi connectivity index (χ2v) is 4.06. The number of halogens is 1. The summed E-state index contributed by atoms with van der Waals surface area (Å²) in [6.45, 7) is 6.20. The van der Waals surface area contributed by atoms with Crippen LogP contribution in [-0.4, -0.2) is 17.8 Å². The molecule has 0 atom stereocenters. The third-order valence-electron chi connectivity index (χ3n) is 1.95. The fraction of sp³-hybridized carbons (Fsp3) is 0.500. The van der Waals surface area contributed by atoms with Gasteiger partial charge in [-0.05, 0) is 32.4 Å². The van der Waals surface area contributed by atoms with Crippen molar-refractivity contribution in [1.29, 1.82) is 0 Å². The monoisotopic (exact) mass is 244 g/mol. The zero-order valence-corrected chi connectivity index (χ0v) is 10.5. The van der Waals surface area contributed by atoms with Crippen LogP contribution < -0.4 is 9.47 Å². The average Bonchev–Trinajstić information content (AvgIpc) is 2.21. The molecule has 0 saturated heterocycles. The van der Waals surface area contributed by atoms with E-state index in [2.05, 4.69) is 0 Å². The van der Waals surface area contributed by atoms with Crippen molar-refractivity contribution in [3.63, 3.8) is 0 Å². The molecular formula is C12H17ClO3. The Labute approximate surface area is 101 Å². The van der Waals surface area contributed by atoms with Crippen LogP contribution in [0.4, 0.5) is 0 Å². The van der Waals surface area contributed by atoms with Crippen LogP contribution in [0, 0.1) is 0 Å². The van der Waals surface area contributed by atoms with Crippen LogP contribution in [0.1, 0.15) is 26.3 Å². The van der Waals surface area contributed by atoms with Crippen LogP contribution >= 0.6 is 11.6 Å². The summed E-state index contributed by atoms with van der Waals surface area (Å²) in [6, 6.07) is 3.39. The minimum absolute atomic E-state index is 0.0512. The molecule has 1 N–H and O–H groups in total. The minimum Gasteiger partial charge on any atom is -0.490 e. The van der Waals surface area contributed by atoms with Gasteiger partial charge in [0.05, 0.1) is 24.3 Å². The topological polar surface area (TPSA) is 38.7 Å². The first-order valence-electron chi connectivity index (χ1n) is 5.31. The molecule has 0 spiro atoms. The maximum absolute atomic E-state index is 9.10. The van der Waals surface area contributed by atoms with Crippen molar-refractivity contribution in [3.05, 3.63) is 22.7 Å². The number of aliphatic hydroxyl groups excluding tert-OH is 1. The van der Waals surface area contributed by atoms with E-state index in [1.807, 2.05) is 20.8 Å². The molecule has 0 aliphatic rings. The van der Waals surface area contributed by atoms with Crippen LogP contribution in [0.15, 0.2) is 12.1 Å². The average molecular weight is 245 g/mol. The molecule has 0 amide bonds. The van der Waals surface area contributed by atoms with E-state index in [-0.39, 0.29) is 12.7 Å². The van der Waals surface area contributed by atoms with Crippen molar-refractivity contribution in [3.8, 4) is 11.5 Å². The highest BCUT2D eigenvalue weighted by atomic mass is 35.5. The van der Waals surface area contributed by atoms with Crippen molar-refractivity contribution in [2.75, 3.05) is 6.61 Å². The van der Waals surface area contributed by atoms with E-state index in [9.17, 15) is 0 Å². The largest absolute Gasteiger partial charge is 0.490 e. The van der Waals surface area contributed by atoms with Crippen molar-refractivity contribution >= 4 is 11.6 Å². The van der Waals surface area contributed by atoms with Gasteiger partial charge in [-0.3, -0.25) is 0 Å². The Morgan fingerprint density at radius 3 is 2.50 bits per heavy atom. The molecule has 3 nitrogen and oxygen atoms in total. The van der Waals surface area contributed by atoms with Gasteiger partial charge in [-0.25, -0.2) is 0 Å². The molecule has 0 heterocycles. The molecule has 16 heavy (non-hydrogen) atoms. The molecule has 90 valence electrons. The van der Waals surface area contributed by atoms with Crippen LogP contribution in [0.25, 0.3) is 0 Å². The second kappa shape index (κ2) is 5.97. The normalized spacial score (nSPS) is 10.6. The van der Waals surface area contributed by atoms with Gasteiger partial charge in [0, 0.05) is 6.07 Å². The molecule has 1 aromatic carbocycles. The lowest BCUT2D eigenvalue weighted by Crippen LogP contribution is -2.08. The van der Waals surface area contributed by atoms with Crippen molar-refractivity contribution in [2.45, 2.75) is 33.5 Å². The van der Waals surface area contributed by atoms with Gasteiger partial charge in [0.25, 0.3) is 0 Å². The summed E-state index contributed by atoms with van der Waals surface area (Å²) in [5.41, 5.74) is 0.640. The number of benzene rings is 1. The Kier molecular flexibility index (Phi) is 4.90. The molecule has 0 radical (unpaired) electrons. The van der Waals surface area contributed by atoms with E-state index < -0.39 is 0 Å². The first kappa shape index (κ1) is 13.1. The van der Waals surface area contributed by atoms with Gasteiger partial charge < -0.3 is 14.6 Å². The Morgan fingerprint density at radius 1 is 1.31 bits per heavy atom. The zero-order chi connectivity index (χ0) is 12.1. The van der Waals surface area contributed by atoms with Crippen molar-refractivity contribution in [2.24, 2.45) is 0 Å². The third kappa shape index (κ3) is 3.29. The highest BCUT2D eigenvalue weighted by Crippen LogP contribution is 2.34. The molecule has 0 aromatic heterocycles. The smallest absolute Gasteiger partial charge is 0.163 e. The van der Waals surface area contributed by atoms with Gasteiger partial charge in [-0.15, -0.1) is 0 Å². The molecule has 0 aliphatic carbocycles. The van der Waals surface area contributed by atoms with E-state index in [1.165, 1.54) is 0 Å². The molecule has 1 aromatic rings. The molecule has 0 unspecified atom stereocenters. The second-order valence-electron chi connectivity index (χ2n) is 3.65. The van der Waals surface area contributed by atoms with E-state index in [0.717, 1.165) is 0 Å². The summed E-state index contributed by atoms with van der Waals surface area (Å²) in [7, 11) is 0. The lowest BCUT2D eigenvalue weighted by atomic mass is 10.2. The van der Waals surface area contributed by atoms with Gasteiger partial charge in [-0.2, -0.15) is 0 Å². The van der Waals surface area contributed by atoms with Gasteiger partial charge in [0.1, 0.15) is 0 Å². The Morgan fingerprint density at radius 2 is 2.00 bits per heavy atom. The fourth-order valence-electron chi connectivity index (χ4n) is 1.31. The molecule has 0 fully saturated rings. The molecular weight excluding hydrogens is 228 g/mol. The maximum atomic E-state index is 9.10. The molecule has 4 heteroatoms. The first-order valence-corrected chi connectivity index (χ1v) is 5.69. The molecule has 0 bridgehead atoms. The minimum atomic E-state index is -0.110. The first-order chi connectivity index (χ1) is 7.58. The summed E-state index contributed by atoms with van der Waals surface area (Å²) in [6.07, 6.45) is 0.0512. The summed E-state index contributed by atoms with van der Waals surface area (Å²) in [5.74, 6) is 1.23. The summed E-state index contributed by atoms with van der Waals surface area (Å²) in [4.78, 5) is 0. The van der Waals surface area contributed by atoms with Crippen LogP contribution in [0.2, 0.25) is 5.02 Å². The quantitative estimate of drug-likeness (QED) is 0.865. The molecule has 1 rings (SSSR count). The number of ether oxygens (including phenoxy) is 2. The molecule has 0 aliphatic heterocycles. The van der Waals surface area contributed by atoms with Crippen LogP contribution in [0.3, 0.4) is 0 Å². The van der Waals surface area contributed by atoms with Gasteiger partial charge in [0.2, 0.25) is 0 Å².